The second-order valence-corrected chi connectivity index (χ2v) is 17.9. The molecule has 1 aliphatic carbocycles. The van der Waals surface area contributed by atoms with Gasteiger partial charge in [0.1, 0.15) is 24.0 Å². The molecule has 2 bridgehead atoms. The topological polar surface area (TPSA) is 178 Å². The Morgan fingerprint density at radius 2 is 1.58 bits per heavy atom. The van der Waals surface area contributed by atoms with E-state index in [1.165, 1.54) is 19.1 Å². The van der Waals surface area contributed by atoms with Crippen molar-refractivity contribution in [3.8, 4) is 0 Å². The average Bonchev–Trinajstić information content (AvgIpc) is 3.21. The largest absolute Gasteiger partial charge is 0.456 e. The summed E-state index contributed by atoms with van der Waals surface area (Å²) in [6.45, 7) is 11.4. The van der Waals surface area contributed by atoms with Crippen LogP contribution in [0.4, 0.5) is 0 Å². The van der Waals surface area contributed by atoms with Crippen LogP contribution in [0.15, 0.2) is 35.5 Å². The Bertz CT molecular complexity index is 1530. The van der Waals surface area contributed by atoms with Gasteiger partial charge in [-0.3, -0.25) is 14.4 Å². The molecule has 3 fully saturated rings. The maximum absolute atomic E-state index is 14.4. The number of aliphatic hydroxyl groups is 3. The highest BCUT2D eigenvalue weighted by molar-refractivity contribution is 6.39. The number of ketones is 2. The standard InChI is InChI=1S/C46H73NO12/c1-10-11-12-15-33-21-27(2)20-28(3)22-39(56-8)42-40(57-9)24-30(5)46(54,59-42)43(51)44(52)47-19-14-13-16-34(47)45(53)58-41(31(6)36(49)26-37(33)50)29(4)23-32-17-18-35(48)38(25-32)55-7/h11-12,21,23,28,30-36,38-42,48-49,54H,10,13-20,22,24-26H2,1-9H3/b12-11+,27-21+,29-23+/t28-,30+,31+,32-,33+,34-,35+,36-,38+,39-,40-,41+,42+,46+/m0/s1. The summed E-state index contributed by atoms with van der Waals surface area (Å²) in [5, 5.41) is 34.3. The van der Waals surface area contributed by atoms with Crippen molar-refractivity contribution in [2.45, 2.75) is 173 Å². The van der Waals surface area contributed by atoms with Crippen LogP contribution in [0.25, 0.3) is 0 Å². The van der Waals surface area contributed by atoms with Gasteiger partial charge in [-0.05, 0) is 102 Å². The summed E-state index contributed by atoms with van der Waals surface area (Å²) >= 11 is 0. The van der Waals surface area contributed by atoms with Gasteiger partial charge >= 0.3 is 5.97 Å². The number of rotatable bonds is 8. The molecule has 1 saturated carbocycles. The number of hydrogen-bond donors (Lipinski definition) is 3. The third-order valence-electron chi connectivity index (χ3n) is 13.2. The number of Topliss-reactive ketones (excluding diaryl/α,β-unsaturated/α-hetero) is 2. The number of esters is 1. The molecule has 3 N–H and O–H groups in total. The maximum Gasteiger partial charge on any atom is 0.329 e. The number of nitrogens with zero attached hydrogens (tertiary/aromatic N) is 1. The lowest BCUT2D eigenvalue weighted by molar-refractivity contribution is -0.302. The summed E-state index contributed by atoms with van der Waals surface area (Å²) in [5.74, 6) is -7.65. The first kappa shape index (κ1) is 48.9. The van der Waals surface area contributed by atoms with Crippen molar-refractivity contribution >= 4 is 23.4 Å². The zero-order valence-electron chi connectivity index (χ0n) is 37.0. The molecule has 3 heterocycles. The Morgan fingerprint density at radius 1 is 0.898 bits per heavy atom. The van der Waals surface area contributed by atoms with Gasteiger partial charge in [0.15, 0.2) is 0 Å². The molecule has 0 aromatic carbocycles. The predicted octanol–water partition coefficient (Wildman–Crippen LogP) is 5.42. The van der Waals surface area contributed by atoms with Crippen molar-refractivity contribution in [3.63, 3.8) is 0 Å². The lowest BCUT2D eigenvalue weighted by Crippen LogP contribution is -2.64. The van der Waals surface area contributed by atoms with Crippen molar-refractivity contribution in [2.75, 3.05) is 27.9 Å². The molecule has 13 heteroatoms. The van der Waals surface area contributed by atoms with Crippen LogP contribution in [0.5, 0.6) is 0 Å². The molecule has 59 heavy (non-hydrogen) atoms. The molecule has 2 saturated heterocycles. The lowest BCUT2D eigenvalue weighted by atomic mass is 9.81. The lowest BCUT2D eigenvalue weighted by Gasteiger charge is -2.47. The van der Waals surface area contributed by atoms with E-state index in [2.05, 4.69) is 6.92 Å². The van der Waals surface area contributed by atoms with Gasteiger partial charge in [0.2, 0.25) is 5.79 Å². The Morgan fingerprint density at radius 3 is 2.24 bits per heavy atom. The number of methoxy groups -OCH3 is 3. The predicted molar refractivity (Wildman–Crippen MR) is 222 cm³/mol. The Balaban J connectivity index is 1.79. The van der Waals surface area contributed by atoms with Gasteiger partial charge in [-0.15, -0.1) is 0 Å². The highest BCUT2D eigenvalue weighted by Crippen LogP contribution is 2.39. The minimum absolute atomic E-state index is 0.00810. The van der Waals surface area contributed by atoms with Gasteiger partial charge in [-0.1, -0.05) is 57.6 Å². The molecule has 14 atom stereocenters. The number of cyclic esters (lactones) is 1. The molecule has 4 rings (SSSR count). The summed E-state index contributed by atoms with van der Waals surface area (Å²) in [6.07, 6.45) is 8.32. The zero-order chi connectivity index (χ0) is 43.6. The van der Waals surface area contributed by atoms with Crippen LogP contribution in [-0.2, 0) is 42.9 Å². The quantitative estimate of drug-likeness (QED) is 0.161. The molecule has 13 nitrogen and oxygen atoms in total. The first-order chi connectivity index (χ1) is 28.0. The zero-order valence-corrected chi connectivity index (χ0v) is 37.0. The van der Waals surface area contributed by atoms with E-state index in [9.17, 15) is 34.5 Å². The normalized spacial score (nSPS) is 40.2. The highest BCUT2D eigenvalue weighted by Gasteiger charge is 2.56. The molecule has 334 valence electrons. The monoisotopic (exact) mass is 832 g/mol. The molecule has 0 aromatic heterocycles. The summed E-state index contributed by atoms with van der Waals surface area (Å²) in [5.41, 5.74) is 1.64. The van der Waals surface area contributed by atoms with E-state index < -0.39 is 83.9 Å². The number of piperidine rings is 1. The molecule has 0 aromatic rings. The molecular formula is C46H73NO12. The second-order valence-electron chi connectivity index (χ2n) is 17.9. The number of aliphatic hydroxyl groups excluding tert-OH is 2. The van der Waals surface area contributed by atoms with Gasteiger partial charge in [0.05, 0.1) is 30.5 Å². The van der Waals surface area contributed by atoms with Crippen LogP contribution in [0, 0.1) is 29.6 Å². The molecule has 0 unspecified atom stereocenters. The summed E-state index contributed by atoms with van der Waals surface area (Å²) in [4.78, 5) is 58.2. The van der Waals surface area contributed by atoms with Crippen LogP contribution in [-0.4, -0.2) is 126 Å². The van der Waals surface area contributed by atoms with Crippen molar-refractivity contribution in [3.05, 3.63) is 35.5 Å². The Labute approximate surface area is 351 Å². The van der Waals surface area contributed by atoms with Crippen LogP contribution in [0.3, 0.4) is 0 Å². The molecule has 1 amide bonds. The number of fused-ring (bicyclic) bond motifs is 3. The fourth-order valence-corrected chi connectivity index (χ4v) is 9.65. The van der Waals surface area contributed by atoms with E-state index >= 15 is 0 Å². The molecule has 4 aliphatic rings. The van der Waals surface area contributed by atoms with E-state index in [0.29, 0.717) is 56.9 Å². The third kappa shape index (κ3) is 12.2. The van der Waals surface area contributed by atoms with Crippen molar-refractivity contribution in [1.82, 2.24) is 4.90 Å². The summed E-state index contributed by atoms with van der Waals surface area (Å²) in [7, 11) is 4.63. The van der Waals surface area contributed by atoms with Crippen molar-refractivity contribution in [1.29, 1.82) is 0 Å². The smallest absolute Gasteiger partial charge is 0.329 e. The summed E-state index contributed by atoms with van der Waals surface area (Å²) < 4.78 is 29.9. The summed E-state index contributed by atoms with van der Waals surface area (Å²) in [6, 6.07) is -1.14. The fourth-order valence-electron chi connectivity index (χ4n) is 9.65. The van der Waals surface area contributed by atoms with Gasteiger partial charge in [-0.25, -0.2) is 4.79 Å². The number of allylic oxidation sites excluding steroid dienone is 5. The van der Waals surface area contributed by atoms with Crippen molar-refractivity contribution in [2.24, 2.45) is 29.6 Å². The second kappa shape index (κ2) is 22.4. The van der Waals surface area contributed by atoms with Gasteiger partial charge < -0.3 is 43.9 Å². The number of ether oxygens (including phenoxy) is 5. The maximum atomic E-state index is 14.4. The SMILES string of the molecule is CC/C=C/C[C@@H]1/C=C(\C)C[C@H](C)C[C@H](OC)[C@H]2O[C@@](O)(C(=O)C(=O)N3CCCC[C@H]3C(=O)O[C@H](/C(C)=C/[C@@H]3CC[C@@H](O)[C@H](OC)C3)[C@H](C)[C@@H](O)CC1=O)[C@H](C)C[C@@H]2OC. The molecule has 3 aliphatic heterocycles. The van der Waals surface area contributed by atoms with Crippen LogP contribution in [0.1, 0.15) is 119 Å². The van der Waals surface area contributed by atoms with Gasteiger partial charge in [0, 0.05) is 52.0 Å². The Kier molecular flexibility index (Phi) is 18.5. The highest BCUT2D eigenvalue weighted by atomic mass is 16.7. The van der Waals surface area contributed by atoms with Gasteiger partial charge in [0.25, 0.3) is 11.7 Å². The van der Waals surface area contributed by atoms with Crippen molar-refractivity contribution < 1.29 is 58.2 Å². The first-order valence-corrected chi connectivity index (χ1v) is 21.9. The van der Waals surface area contributed by atoms with Crippen LogP contribution < -0.4 is 0 Å². The molecular weight excluding hydrogens is 759 g/mol. The van der Waals surface area contributed by atoms with E-state index in [4.69, 9.17) is 23.7 Å². The fraction of sp³-hybridized carbons (Fsp3) is 0.783. The van der Waals surface area contributed by atoms with Crippen LogP contribution >= 0.6 is 0 Å². The molecule has 0 radical (unpaired) electrons. The Hall–Kier alpha value is -2.78. The number of amides is 1. The number of hydrogen-bond acceptors (Lipinski definition) is 12. The van der Waals surface area contributed by atoms with Gasteiger partial charge in [-0.2, -0.15) is 0 Å². The number of carbonyl (C=O) groups is 4. The van der Waals surface area contributed by atoms with E-state index in [0.717, 1.165) is 12.0 Å². The number of carbonyl (C=O) groups excluding carboxylic acids is 4. The van der Waals surface area contributed by atoms with Crippen LogP contribution in [0.2, 0.25) is 0 Å². The minimum Gasteiger partial charge on any atom is -0.456 e. The van der Waals surface area contributed by atoms with E-state index in [-0.39, 0.29) is 49.5 Å². The van der Waals surface area contributed by atoms with E-state index in [1.807, 2.05) is 45.1 Å². The average molecular weight is 832 g/mol. The minimum atomic E-state index is -2.51. The first-order valence-electron chi connectivity index (χ1n) is 21.9. The molecule has 0 spiro atoms. The van der Waals surface area contributed by atoms with E-state index in [1.54, 1.807) is 21.0 Å². The third-order valence-corrected chi connectivity index (χ3v) is 13.2.